The largest absolute Gasteiger partial charge is 0.480 e. The molecule has 112 valence electrons. The van der Waals surface area contributed by atoms with Gasteiger partial charge in [0.25, 0.3) is 0 Å². The molecule has 5 nitrogen and oxygen atoms in total. The number of likely N-dealkylation sites (N-methyl/N-ethyl adjacent to an activating group) is 1. The fourth-order valence-corrected chi connectivity index (χ4v) is 2.86. The first-order valence-electron chi connectivity index (χ1n) is 7.06. The van der Waals surface area contributed by atoms with Crippen LogP contribution in [0.4, 0.5) is 0 Å². The monoisotopic (exact) mass is 296 g/mol. The minimum Gasteiger partial charge on any atom is -0.480 e. The molecule has 6 heteroatoms. The Morgan fingerprint density at radius 1 is 1.55 bits per heavy atom. The first kappa shape index (κ1) is 15.3. The van der Waals surface area contributed by atoms with Crippen molar-refractivity contribution < 1.29 is 4.74 Å². The summed E-state index contributed by atoms with van der Waals surface area (Å²) in [5.74, 6) is 0.722. The Kier molecular flexibility index (Phi) is 5.39. The molecule has 0 saturated carbocycles. The van der Waals surface area contributed by atoms with Gasteiger partial charge < -0.3 is 15.0 Å². The summed E-state index contributed by atoms with van der Waals surface area (Å²) in [5.41, 5.74) is 1.09. The zero-order valence-electron chi connectivity index (χ0n) is 12.7. The van der Waals surface area contributed by atoms with E-state index in [-0.39, 0.29) is 0 Å². The van der Waals surface area contributed by atoms with Gasteiger partial charge in [-0.2, -0.15) is 4.98 Å². The quantitative estimate of drug-likeness (QED) is 0.759. The lowest BCUT2D eigenvalue weighted by Crippen LogP contribution is -2.34. The van der Waals surface area contributed by atoms with E-state index >= 15 is 0 Å². The van der Waals surface area contributed by atoms with Crippen LogP contribution in [0.1, 0.15) is 26.0 Å². The Hall–Kier alpha value is -1.11. The van der Waals surface area contributed by atoms with Crippen molar-refractivity contribution in [1.29, 1.82) is 0 Å². The van der Waals surface area contributed by atoms with Crippen LogP contribution in [0.25, 0.3) is 4.96 Å². The normalized spacial score (nSPS) is 13.2. The molecule has 0 amide bonds. The van der Waals surface area contributed by atoms with Crippen LogP contribution >= 0.6 is 11.3 Å². The fourth-order valence-electron chi connectivity index (χ4n) is 2.13. The first-order chi connectivity index (χ1) is 9.67. The van der Waals surface area contributed by atoms with E-state index < -0.39 is 0 Å². The minimum atomic E-state index is 0.630. The first-order valence-corrected chi connectivity index (χ1v) is 7.94. The zero-order valence-corrected chi connectivity index (χ0v) is 13.5. The zero-order chi connectivity index (χ0) is 14.5. The van der Waals surface area contributed by atoms with Gasteiger partial charge >= 0.3 is 0 Å². The predicted molar refractivity (Wildman–Crippen MR) is 83.7 cm³/mol. The molecule has 0 aromatic carbocycles. The van der Waals surface area contributed by atoms with Crippen LogP contribution in [-0.4, -0.2) is 47.6 Å². The maximum atomic E-state index is 5.35. The van der Waals surface area contributed by atoms with E-state index in [1.165, 1.54) is 6.42 Å². The number of methoxy groups -OCH3 is 1. The number of hydrogen-bond acceptors (Lipinski definition) is 5. The van der Waals surface area contributed by atoms with Crippen molar-refractivity contribution in [2.24, 2.45) is 0 Å². The standard InChI is InChI=1S/C14H24N4OS/c1-5-11(2)17(3)7-6-15-10-12-13(19-4)16-14-18(12)8-9-20-14/h8-9,11,15H,5-7,10H2,1-4H3. The van der Waals surface area contributed by atoms with E-state index in [2.05, 4.69) is 40.5 Å². The Morgan fingerprint density at radius 3 is 3.05 bits per heavy atom. The lowest BCUT2D eigenvalue weighted by Gasteiger charge is -2.23. The second-order valence-corrected chi connectivity index (χ2v) is 5.91. The van der Waals surface area contributed by atoms with Crippen LogP contribution in [0.5, 0.6) is 5.88 Å². The molecule has 2 heterocycles. The number of nitrogens with one attached hydrogen (secondary N) is 1. The van der Waals surface area contributed by atoms with Gasteiger partial charge in [-0.05, 0) is 20.4 Å². The van der Waals surface area contributed by atoms with Crippen molar-refractivity contribution in [3.8, 4) is 5.88 Å². The summed E-state index contributed by atoms with van der Waals surface area (Å²) in [6, 6.07) is 0.630. The second-order valence-electron chi connectivity index (χ2n) is 5.04. The van der Waals surface area contributed by atoms with Crippen LogP contribution in [0, 0.1) is 0 Å². The molecule has 0 spiro atoms. The highest BCUT2D eigenvalue weighted by Gasteiger charge is 2.13. The molecule has 0 bridgehead atoms. The highest BCUT2D eigenvalue weighted by atomic mass is 32.1. The molecule has 0 aliphatic carbocycles. The summed E-state index contributed by atoms with van der Waals surface area (Å²) >= 11 is 1.62. The van der Waals surface area contributed by atoms with E-state index in [0.717, 1.165) is 36.2 Å². The molecule has 2 aromatic heterocycles. The average molecular weight is 296 g/mol. The molecular formula is C14H24N4OS. The molecule has 20 heavy (non-hydrogen) atoms. The highest BCUT2D eigenvalue weighted by Crippen LogP contribution is 2.22. The van der Waals surface area contributed by atoms with Crippen LogP contribution in [-0.2, 0) is 6.54 Å². The summed E-state index contributed by atoms with van der Waals surface area (Å²) < 4.78 is 7.44. The molecule has 1 atom stereocenters. The van der Waals surface area contributed by atoms with Crippen molar-refractivity contribution in [3.63, 3.8) is 0 Å². The van der Waals surface area contributed by atoms with Gasteiger partial charge in [-0.25, -0.2) is 0 Å². The molecule has 2 rings (SSSR count). The number of thiazole rings is 1. The lowest BCUT2D eigenvalue weighted by molar-refractivity contribution is 0.251. The molecule has 1 N–H and O–H groups in total. The molecule has 0 aliphatic rings. The summed E-state index contributed by atoms with van der Waals surface area (Å²) in [6.07, 6.45) is 3.22. The number of rotatable bonds is 8. The Bertz CT molecular complexity index is 536. The van der Waals surface area contributed by atoms with E-state index in [1.54, 1.807) is 18.4 Å². The van der Waals surface area contributed by atoms with E-state index in [9.17, 15) is 0 Å². The Labute approximate surface area is 124 Å². The van der Waals surface area contributed by atoms with Crippen molar-refractivity contribution in [1.82, 2.24) is 19.6 Å². The predicted octanol–water partition coefficient (Wildman–Crippen LogP) is 2.22. The molecule has 2 aromatic rings. The third-order valence-electron chi connectivity index (χ3n) is 3.79. The molecule has 1 unspecified atom stereocenters. The average Bonchev–Trinajstić information content (AvgIpc) is 3.03. The van der Waals surface area contributed by atoms with Gasteiger partial charge in [0.1, 0.15) is 5.69 Å². The smallest absolute Gasteiger partial charge is 0.237 e. The number of aromatic nitrogens is 2. The summed E-state index contributed by atoms with van der Waals surface area (Å²) in [5, 5.41) is 5.52. The molecule has 0 fully saturated rings. The van der Waals surface area contributed by atoms with Crippen LogP contribution in [0.2, 0.25) is 0 Å². The molecule has 0 aliphatic heterocycles. The van der Waals surface area contributed by atoms with E-state index in [1.807, 2.05) is 11.6 Å². The van der Waals surface area contributed by atoms with Crippen LogP contribution in [0.3, 0.4) is 0 Å². The van der Waals surface area contributed by atoms with Crippen molar-refractivity contribution in [3.05, 3.63) is 17.3 Å². The van der Waals surface area contributed by atoms with Crippen LogP contribution in [0.15, 0.2) is 11.6 Å². The number of imidazole rings is 1. The Morgan fingerprint density at radius 2 is 2.35 bits per heavy atom. The number of ether oxygens (including phenoxy) is 1. The second kappa shape index (κ2) is 7.06. The molecule has 0 radical (unpaired) electrons. The maximum absolute atomic E-state index is 5.35. The van der Waals surface area contributed by atoms with Gasteiger partial charge in [-0.3, -0.25) is 4.40 Å². The Balaban J connectivity index is 1.88. The van der Waals surface area contributed by atoms with Gasteiger partial charge in [0.2, 0.25) is 5.88 Å². The van der Waals surface area contributed by atoms with Gasteiger partial charge in [-0.1, -0.05) is 6.92 Å². The third-order valence-corrected chi connectivity index (χ3v) is 4.55. The number of fused-ring (bicyclic) bond motifs is 1. The summed E-state index contributed by atoms with van der Waals surface area (Å²) in [7, 11) is 3.85. The third kappa shape index (κ3) is 3.31. The topological polar surface area (TPSA) is 41.8 Å². The van der Waals surface area contributed by atoms with Gasteiger partial charge in [-0.15, -0.1) is 11.3 Å². The lowest BCUT2D eigenvalue weighted by atomic mass is 10.2. The van der Waals surface area contributed by atoms with E-state index in [4.69, 9.17) is 4.74 Å². The van der Waals surface area contributed by atoms with Gasteiger partial charge in [0.15, 0.2) is 4.96 Å². The minimum absolute atomic E-state index is 0.630. The highest BCUT2D eigenvalue weighted by molar-refractivity contribution is 7.15. The van der Waals surface area contributed by atoms with Gasteiger partial charge in [0.05, 0.1) is 7.11 Å². The van der Waals surface area contributed by atoms with E-state index in [0.29, 0.717) is 6.04 Å². The maximum Gasteiger partial charge on any atom is 0.237 e. The van der Waals surface area contributed by atoms with Crippen molar-refractivity contribution >= 4 is 16.3 Å². The van der Waals surface area contributed by atoms with Crippen molar-refractivity contribution in [2.75, 3.05) is 27.2 Å². The number of hydrogen-bond donors (Lipinski definition) is 1. The van der Waals surface area contributed by atoms with Crippen molar-refractivity contribution in [2.45, 2.75) is 32.9 Å². The fraction of sp³-hybridized carbons (Fsp3) is 0.643. The summed E-state index contributed by atoms with van der Waals surface area (Å²) in [6.45, 7) is 7.26. The van der Waals surface area contributed by atoms with Crippen LogP contribution < -0.4 is 10.1 Å². The summed E-state index contributed by atoms with van der Waals surface area (Å²) in [4.78, 5) is 7.81. The molecular weight excluding hydrogens is 272 g/mol. The number of nitrogens with zero attached hydrogens (tertiary/aromatic N) is 3. The SMILES string of the molecule is CCC(C)N(C)CCNCc1c(OC)nc2sccn12. The molecule has 0 saturated heterocycles. The van der Waals surface area contributed by atoms with Gasteiger partial charge in [0, 0.05) is 37.3 Å².